The van der Waals surface area contributed by atoms with Crippen molar-refractivity contribution in [1.29, 1.82) is 0 Å². The molecule has 24 heavy (non-hydrogen) atoms. The minimum Gasteiger partial charge on any atom is -0.370 e. The van der Waals surface area contributed by atoms with Crippen LogP contribution in [0.25, 0.3) is 0 Å². The van der Waals surface area contributed by atoms with E-state index in [9.17, 15) is 4.79 Å². The molecule has 3 rings (SSSR count). The Morgan fingerprint density at radius 1 is 1.33 bits per heavy atom. The molecule has 1 heterocycles. The molecule has 1 amide bonds. The second kappa shape index (κ2) is 7.98. The normalized spacial score (nSPS) is 23.9. The molecule has 1 unspecified atom stereocenters. The summed E-state index contributed by atoms with van der Waals surface area (Å²) >= 11 is 3.50. The topological polar surface area (TPSA) is 55.6 Å². The van der Waals surface area contributed by atoms with Gasteiger partial charge in [0.1, 0.15) is 6.10 Å². The molecule has 2 fully saturated rings. The average molecular weight is 395 g/mol. The van der Waals surface area contributed by atoms with E-state index >= 15 is 0 Å². The molecule has 132 valence electrons. The Morgan fingerprint density at radius 2 is 2.12 bits per heavy atom. The van der Waals surface area contributed by atoms with Crippen LogP contribution in [-0.4, -0.2) is 37.0 Å². The van der Waals surface area contributed by atoms with Crippen molar-refractivity contribution in [3.8, 4) is 0 Å². The number of benzene rings is 1. The third-order valence-electron chi connectivity index (χ3n) is 5.51. The van der Waals surface area contributed by atoms with Gasteiger partial charge in [-0.2, -0.15) is 0 Å². The molecule has 1 aromatic carbocycles. The van der Waals surface area contributed by atoms with Crippen molar-refractivity contribution in [3.05, 3.63) is 34.3 Å². The smallest absolute Gasteiger partial charge is 0.223 e. The van der Waals surface area contributed by atoms with Crippen molar-refractivity contribution in [2.45, 2.75) is 44.6 Å². The first-order valence-corrected chi connectivity index (χ1v) is 9.76. The number of nitrogens with zero attached hydrogens (tertiary/aromatic N) is 1. The van der Waals surface area contributed by atoms with Crippen molar-refractivity contribution in [2.24, 2.45) is 11.1 Å². The van der Waals surface area contributed by atoms with Crippen LogP contribution in [0.15, 0.2) is 28.7 Å². The number of hydrogen-bond acceptors (Lipinski definition) is 3. The predicted octanol–water partition coefficient (Wildman–Crippen LogP) is 3.65. The zero-order valence-corrected chi connectivity index (χ0v) is 15.8. The number of carbonyl (C=O) groups excluding carboxylic acids is 1. The second-order valence-corrected chi connectivity index (χ2v) is 8.11. The van der Waals surface area contributed by atoms with Gasteiger partial charge in [0, 0.05) is 17.4 Å². The van der Waals surface area contributed by atoms with Crippen LogP contribution in [-0.2, 0) is 9.53 Å². The van der Waals surface area contributed by atoms with E-state index in [4.69, 9.17) is 10.5 Å². The van der Waals surface area contributed by atoms with Crippen molar-refractivity contribution < 1.29 is 9.53 Å². The van der Waals surface area contributed by atoms with Crippen molar-refractivity contribution in [1.82, 2.24) is 4.90 Å². The Labute approximate surface area is 152 Å². The van der Waals surface area contributed by atoms with E-state index in [1.54, 1.807) is 0 Å². The van der Waals surface area contributed by atoms with Gasteiger partial charge in [-0.25, -0.2) is 0 Å². The van der Waals surface area contributed by atoms with E-state index in [2.05, 4.69) is 28.1 Å². The lowest BCUT2D eigenvalue weighted by Crippen LogP contribution is -2.45. The maximum atomic E-state index is 12.9. The molecule has 0 radical (unpaired) electrons. The van der Waals surface area contributed by atoms with E-state index < -0.39 is 0 Å². The Bertz CT molecular complexity index is 572. The zero-order chi connectivity index (χ0) is 17.0. The minimum atomic E-state index is -0.0413. The van der Waals surface area contributed by atoms with Gasteiger partial charge in [0.2, 0.25) is 5.91 Å². The standard InChI is InChI=1S/C19H27BrN2O2/c20-16-6-4-5-15(11-16)17-13-22(9-10-24-17)18(23)12-19(14-21)7-2-1-3-8-19/h4-6,11,17H,1-3,7-10,12-14,21H2. The molecule has 4 nitrogen and oxygen atoms in total. The number of rotatable bonds is 4. The molecule has 1 aliphatic carbocycles. The fourth-order valence-electron chi connectivity index (χ4n) is 3.97. The Balaban J connectivity index is 1.64. The third-order valence-corrected chi connectivity index (χ3v) is 6.01. The molecule has 1 saturated carbocycles. The number of ether oxygens (including phenoxy) is 1. The Morgan fingerprint density at radius 3 is 2.83 bits per heavy atom. The lowest BCUT2D eigenvalue weighted by Gasteiger charge is -2.39. The lowest BCUT2D eigenvalue weighted by atomic mass is 9.71. The van der Waals surface area contributed by atoms with Gasteiger partial charge in [0.25, 0.3) is 0 Å². The summed E-state index contributed by atoms with van der Waals surface area (Å²) in [6, 6.07) is 8.14. The number of amides is 1. The van der Waals surface area contributed by atoms with Gasteiger partial charge >= 0.3 is 0 Å². The van der Waals surface area contributed by atoms with Gasteiger partial charge in [-0.1, -0.05) is 47.3 Å². The maximum absolute atomic E-state index is 12.9. The molecular formula is C19H27BrN2O2. The largest absolute Gasteiger partial charge is 0.370 e. The zero-order valence-electron chi connectivity index (χ0n) is 14.2. The second-order valence-electron chi connectivity index (χ2n) is 7.20. The van der Waals surface area contributed by atoms with Gasteiger partial charge in [-0.05, 0) is 42.5 Å². The monoisotopic (exact) mass is 394 g/mol. The molecule has 0 spiro atoms. The molecule has 2 N–H and O–H groups in total. The van der Waals surface area contributed by atoms with Crippen LogP contribution >= 0.6 is 15.9 Å². The number of halogens is 1. The van der Waals surface area contributed by atoms with Gasteiger partial charge in [-0.3, -0.25) is 4.79 Å². The van der Waals surface area contributed by atoms with E-state index in [1.807, 2.05) is 17.0 Å². The lowest BCUT2D eigenvalue weighted by molar-refractivity contribution is -0.142. The molecule has 0 bridgehead atoms. The number of nitrogens with two attached hydrogens (primary N) is 1. The Hall–Kier alpha value is -0.910. The summed E-state index contributed by atoms with van der Waals surface area (Å²) in [6.07, 6.45) is 6.42. The summed E-state index contributed by atoms with van der Waals surface area (Å²) in [5.41, 5.74) is 7.20. The van der Waals surface area contributed by atoms with Gasteiger partial charge < -0.3 is 15.4 Å². The first kappa shape index (κ1) is 17.9. The summed E-state index contributed by atoms with van der Waals surface area (Å²) in [5.74, 6) is 0.241. The van der Waals surface area contributed by atoms with Crippen LogP contribution in [0.3, 0.4) is 0 Å². The first-order valence-electron chi connectivity index (χ1n) is 8.97. The average Bonchev–Trinajstić information content (AvgIpc) is 2.62. The number of morpholine rings is 1. The number of carbonyl (C=O) groups is 1. The van der Waals surface area contributed by atoms with Crippen molar-refractivity contribution in [2.75, 3.05) is 26.2 Å². The highest BCUT2D eigenvalue weighted by Gasteiger charge is 2.35. The van der Waals surface area contributed by atoms with Crippen LogP contribution in [0.5, 0.6) is 0 Å². The highest BCUT2D eigenvalue weighted by atomic mass is 79.9. The summed E-state index contributed by atoms with van der Waals surface area (Å²) < 4.78 is 6.94. The quantitative estimate of drug-likeness (QED) is 0.847. The van der Waals surface area contributed by atoms with E-state index in [0.29, 0.717) is 32.7 Å². The minimum absolute atomic E-state index is 0.0267. The van der Waals surface area contributed by atoms with Crippen molar-refractivity contribution >= 4 is 21.8 Å². The molecule has 1 aromatic rings. The highest BCUT2D eigenvalue weighted by Crippen LogP contribution is 2.39. The summed E-state index contributed by atoms with van der Waals surface area (Å²) in [6.45, 7) is 2.54. The molecule has 5 heteroatoms. The van der Waals surface area contributed by atoms with Crippen LogP contribution in [0, 0.1) is 5.41 Å². The highest BCUT2D eigenvalue weighted by molar-refractivity contribution is 9.10. The van der Waals surface area contributed by atoms with Crippen LogP contribution in [0.4, 0.5) is 0 Å². The fraction of sp³-hybridized carbons (Fsp3) is 0.632. The van der Waals surface area contributed by atoms with Crippen molar-refractivity contribution in [3.63, 3.8) is 0 Å². The molecule has 0 aromatic heterocycles. The SMILES string of the molecule is NCC1(CC(=O)N2CCOC(c3cccc(Br)c3)C2)CCCCC1. The first-order chi connectivity index (χ1) is 11.6. The number of hydrogen-bond donors (Lipinski definition) is 1. The molecule has 2 aliphatic rings. The maximum Gasteiger partial charge on any atom is 0.223 e. The van der Waals surface area contributed by atoms with Crippen LogP contribution in [0.2, 0.25) is 0 Å². The van der Waals surface area contributed by atoms with Gasteiger partial charge in [0.05, 0.1) is 13.2 Å². The summed E-state index contributed by atoms with van der Waals surface area (Å²) in [5, 5.41) is 0. The Kier molecular flexibility index (Phi) is 5.95. The van der Waals surface area contributed by atoms with Gasteiger partial charge in [-0.15, -0.1) is 0 Å². The van der Waals surface area contributed by atoms with Crippen LogP contribution < -0.4 is 5.73 Å². The summed E-state index contributed by atoms with van der Waals surface area (Å²) in [4.78, 5) is 14.9. The molecule has 1 aliphatic heterocycles. The molecular weight excluding hydrogens is 368 g/mol. The summed E-state index contributed by atoms with van der Waals surface area (Å²) in [7, 11) is 0. The van der Waals surface area contributed by atoms with E-state index in [0.717, 1.165) is 22.9 Å². The van der Waals surface area contributed by atoms with Gasteiger partial charge in [0.15, 0.2) is 0 Å². The molecule has 1 atom stereocenters. The van der Waals surface area contributed by atoms with Crippen LogP contribution in [0.1, 0.15) is 50.2 Å². The third kappa shape index (κ3) is 4.19. The molecule has 1 saturated heterocycles. The fourth-order valence-corrected chi connectivity index (χ4v) is 4.39. The predicted molar refractivity (Wildman–Crippen MR) is 98.6 cm³/mol. The van der Waals surface area contributed by atoms with E-state index in [1.165, 1.54) is 19.3 Å². The van der Waals surface area contributed by atoms with E-state index in [-0.39, 0.29) is 17.4 Å².